The van der Waals surface area contributed by atoms with Gasteiger partial charge in [-0.2, -0.15) is 0 Å². The number of fused-ring (bicyclic) bond motifs is 4. The molecule has 11 aromatic rings. The lowest BCUT2D eigenvalue weighted by atomic mass is 9.85. The van der Waals surface area contributed by atoms with E-state index in [9.17, 15) is 5.11 Å². The van der Waals surface area contributed by atoms with Gasteiger partial charge in [0.2, 0.25) is 0 Å². The molecule has 5 heteroatoms. The summed E-state index contributed by atoms with van der Waals surface area (Å²) in [4.78, 5) is 10.7. The van der Waals surface area contributed by atoms with E-state index in [-0.39, 0.29) is 11.2 Å². The predicted octanol–water partition coefficient (Wildman–Crippen LogP) is 14.9. The summed E-state index contributed by atoms with van der Waals surface area (Å²) in [6.45, 7) is 6.74. The maximum atomic E-state index is 11.5. The van der Waals surface area contributed by atoms with Crippen molar-refractivity contribution in [1.29, 1.82) is 0 Å². The van der Waals surface area contributed by atoms with Gasteiger partial charge in [-0.05, 0) is 106 Å². The predicted molar refractivity (Wildman–Crippen MR) is 261 cm³/mol. The van der Waals surface area contributed by atoms with Crippen LogP contribution in [0, 0.1) is 0 Å². The molecule has 3 heterocycles. The maximum Gasteiger partial charge on any atom is 0.149 e. The van der Waals surface area contributed by atoms with Crippen LogP contribution in [0.4, 0.5) is 0 Å². The summed E-state index contributed by atoms with van der Waals surface area (Å²) in [6.07, 6.45) is 1.94. The average molecular weight is 813 g/mol. The van der Waals surface area contributed by atoms with E-state index in [0.717, 1.165) is 83.5 Å². The first kappa shape index (κ1) is 37.9. The van der Waals surface area contributed by atoms with E-state index in [0.29, 0.717) is 11.4 Å². The van der Waals surface area contributed by atoms with E-state index in [1.54, 1.807) is 6.07 Å². The molecule has 0 aliphatic carbocycles. The molecule has 1 N–H and O–H groups in total. The van der Waals surface area contributed by atoms with Gasteiger partial charge in [-0.15, -0.1) is 0 Å². The zero-order valence-corrected chi connectivity index (χ0v) is 35.4. The van der Waals surface area contributed by atoms with Crippen LogP contribution in [0.2, 0.25) is 0 Å². The second-order valence-corrected chi connectivity index (χ2v) is 17.2. The van der Waals surface area contributed by atoms with E-state index in [1.807, 2.05) is 24.4 Å². The van der Waals surface area contributed by atoms with E-state index in [2.05, 4.69) is 206 Å². The van der Waals surface area contributed by atoms with E-state index >= 15 is 0 Å². The zero-order chi connectivity index (χ0) is 42.7. The standard InChI is InChI=1S/C58H44N4O/c1-58(2,3)43-30-31-51(49(37-43)39-20-9-5-10-21-39)62-52-28-17-26-45(55(52)60-57(62)48-25-14-16-29-53(48)63)41-34-40(38-18-7-4-8-19-38)35-42(36-41)54-56-47(32-33-59-54)46-24-13-15-27-50(46)61(56)44-22-11-6-12-23-44/h4-37,63H,1-3H3. The van der Waals surface area contributed by atoms with Crippen molar-refractivity contribution in [3.05, 3.63) is 212 Å². The van der Waals surface area contributed by atoms with Crippen molar-refractivity contribution in [3.63, 3.8) is 0 Å². The van der Waals surface area contributed by atoms with Crippen LogP contribution in [0.3, 0.4) is 0 Å². The molecule has 63 heavy (non-hydrogen) atoms. The van der Waals surface area contributed by atoms with Crippen molar-refractivity contribution in [1.82, 2.24) is 19.1 Å². The molecule has 0 spiro atoms. The van der Waals surface area contributed by atoms with Crippen LogP contribution in [0.1, 0.15) is 26.3 Å². The summed E-state index contributed by atoms with van der Waals surface area (Å²) in [7, 11) is 0. The SMILES string of the molecule is CC(C)(C)c1ccc(-n2c(-c3ccccc3O)nc3c(-c4cc(-c5ccccc5)cc(-c5nccc6c7ccccc7n(-c7ccccc7)c56)c4)cccc32)c(-c2ccccc2)c1. The highest BCUT2D eigenvalue weighted by atomic mass is 16.3. The van der Waals surface area contributed by atoms with Crippen LogP contribution in [-0.2, 0) is 5.41 Å². The van der Waals surface area contributed by atoms with Crippen molar-refractivity contribution in [3.8, 4) is 73.2 Å². The average Bonchev–Trinajstić information content (AvgIpc) is 3.88. The van der Waals surface area contributed by atoms with Gasteiger partial charge in [0, 0.05) is 39.3 Å². The van der Waals surface area contributed by atoms with Gasteiger partial charge >= 0.3 is 0 Å². The third kappa shape index (κ3) is 6.57. The molecule has 0 unspecified atom stereocenters. The highest BCUT2D eigenvalue weighted by Crippen LogP contribution is 2.44. The highest BCUT2D eigenvalue weighted by molar-refractivity contribution is 6.13. The third-order valence-electron chi connectivity index (χ3n) is 12.2. The van der Waals surface area contributed by atoms with Gasteiger partial charge < -0.3 is 9.67 Å². The first-order valence-electron chi connectivity index (χ1n) is 21.5. The zero-order valence-electron chi connectivity index (χ0n) is 35.4. The quantitative estimate of drug-likeness (QED) is 0.174. The second-order valence-electron chi connectivity index (χ2n) is 17.2. The van der Waals surface area contributed by atoms with Gasteiger partial charge in [-0.1, -0.05) is 148 Å². The third-order valence-corrected chi connectivity index (χ3v) is 12.2. The van der Waals surface area contributed by atoms with Gasteiger partial charge in [-0.25, -0.2) is 4.98 Å². The van der Waals surface area contributed by atoms with Crippen LogP contribution in [0.25, 0.3) is 100 Å². The molecule has 8 aromatic carbocycles. The van der Waals surface area contributed by atoms with Crippen LogP contribution >= 0.6 is 0 Å². The summed E-state index contributed by atoms with van der Waals surface area (Å²) in [5.41, 5.74) is 16.1. The number of imidazole rings is 1. The van der Waals surface area contributed by atoms with Gasteiger partial charge in [-0.3, -0.25) is 9.55 Å². The van der Waals surface area contributed by atoms with Crippen LogP contribution < -0.4 is 0 Å². The summed E-state index contributed by atoms with van der Waals surface area (Å²) in [6, 6.07) is 69.9. The monoisotopic (exact) mass is 812 g/mol. The lowest BCUT2D eigenvalue weighted by Gasteiger charge is -2.23. The van der Waals surface area contributed by atoms with Crippen molar-refractivity contribution >= 4 is 32.8 Å². The molecule has 0 fully saturated rings. The number of pyridine rings is 1. The van der Waals surface area contributed by atoms with Crippen molar-refractivity contribution in [2.45, 2.75) is 26.2 Å². The first-order valence-corrected chi connectivity index (χ1v) is 21.5. The molecule has 0 radical (unpaired) electrons. The number of rotatable bonds is 7. The molecule has 0 bridgehead atoms. The number of hydrogen-bond acceptors (Lipinski definition) is 3. The summed E-state index contributed by atoms with van der Waals surface area (Å²) in [5.74, 6) is 0.832. The molecule has 302 valence electrons. The van der Waals surface area contributed by atoms with Crippen molar-refractivity contribution < 1.29 is 5.11 Å². The first-order chi connectivity index (χ1) is 30.8. The van der Waals surface area contributed by atoms with Crippen molar-refractivity contribution in [2.24, 2.45) is 0 Å². The summed E-state index contributed by atoms with van der Waals surface area (Å²) >= 11 is 0. The fourth-order valence-corrected chi connectivity index (χ4v) is 9.15. The summed E-state index contributed by atoms with van der Waals surface area (Å²) < 4.78 is 4.57. The fraction of sp³-hybridized carbons (Fsp3) is 0.0690. The second kappa shape index (κ2) is 15.2. The largest absolute Gasteiger partial charge is 0.507 e. The smallest absolute Gasteiger partial charge is 0.149 e. The van der Waals surface area contributed by atoms with Crippen LogP contribution in [-0.4, -0.2) is 24.2 Å². The van der Waals surface area contributed by atoms with E-state index in [1.165, 1.54) is 10.9 Å². The normalized spacial score (nSPS) is 11.8. The number of phenols is 1. The topological polar surface area (TPSA) is 55.9 Å². The minimum absolute atomic E-state index is 0.0666. The molecule has 5 nitrogen and oxygen atoms in total. The Bertz CT molecular complexity index is 3490. The molecule has 0 atom stereocenters. The molecule has 3 aromatic heterocycles. The Morgan fingerprint density at radius 1 is 0.460 bits per heavy atom. The Morgan fingerprint density at radius 3 is 1.86 bits per heavy atom. The molecular formula is C58H44N4O. The lowest BCUT2D eigenvalue weighted by molar-refractivity contribution is 0.477. The van der Waals surface area contributed by atoms with Crippen molar-refractivity contribution in [2.75, 3.05) is 0 Å². The maximum absolute atomic E-state index is 11.5. The number of hydrogen-bond donors (Lipinski definition) is 1. The molecule has 11 rings (SSSR count). The Morgan fingerprint density at radius 2 is 1.10 bits per heavy atom. The molecule has 0 amide bonds. The minimum atomic E-state index is -0.0666. The lowest BCUT2D eigenvalue weighted by Crippen LogP contribution is -2.12. The van der Waals surface area contributed by atoms with Gasteiger partial charge in [0.15, 0.2) is 0 Å². The number of aromatic hydroxyl groups is 1. The van der Waals surface area contributed by atoms with Crippen LogP contribution in [0.5, 0.6) is 5.75 Å². The molecule has 0 saturated heterocycles. The fourth-order valence-electron chi connectivity index (χ4n) is 9.15. The number of phenolic OH excluding ortho intramolecular Hbond substituents is 1. The highest BCUT2D eigenvalue weighted by Gasteiger charge is 2.25. The van der Waals surface area contributed by atoms with E-state index < -0.39 is 0 Å². The Balaban J connectivity index is 1.21. The molecule has 0 saturated carbocycles. The number of nitrogens with zero attached hydrogens (tertiary/aromatic N) is 4. The number of aromatic nitrogens is 4. The molecule has 0 aliphatic rings. The Kier molecular flexibility index (Phi) is 9.13. The summed E-state index contributed by atoms with van der Waals surface area (Å²) in [5, 5.41) is 13.8. The molecule has 0 aliphatic heterocycles. The molecular weight excluding hydrogens is 769 g/mol. The van der Waals surface area contributed by atoms with E-state index in [4.69, 9.17) is 9.97 Å². The number of benzene rings is 8. The van der Waals surface area contributed by atoms with Gasteiger partial charge in [0.05, 0.1) is 39.0 Å². The van der Waals surface area contributed by atoms with Gasteiger partial charge in [0.25, 0.3) is 0 Å². The van der Waals surface area contributed by atoms with Gasteiger partial charge in [0.1, 0.15) is 11.6 Å². The van der Waals surface area contributed by atoms with Crippen LogP contribution in [0.15, 0.2) is 206 Å². The number of para-hydroxylation sites is 4. The minimum Gasteiger partial charge on any atom is -0.507 e. The Hall–Kier alpha value is -8.02. The Labute approximate surface area is 366 Å².